The molecule has 0 atom stereocenters. The van der Waals surface area contributed by atoms with Crippen molar-refractivity contribution in [1.29, 1.82) is 0 Å². The van der Waals surface area contributed by atoms with Gasteiger partial charge in [-0.15, -0.1) is 0 Å². The van der Waals surface area contributed by atoms with Gasteiger partial charge in [-0.1, -0.05) is 166 Å². The summed E-state index contributed by atoms with van der Waals surface area (Å²) in [4.78, 5) is 0. The van der Waals surface area contributed by atoms with Crippen molar-refractivity contribution in [1.82, 2.24) is 0 Å². The van der Waals surface area contributed by atoms with Crippen molar-refractivity contribution < 1.29 is 0 Å². The molecule has 0 N–H and O–H groups in total. The first-order valence-corrected chi connectivity index (χ1v) is 16.6. The fourth-order valence-electron chi connectivity index (χ4n) is 8.86. The van der Waals surface area contributed by atoms with Crippen LogP contribution in [0.4, 0.5) is 0 Å². The van der Waals surface area contributed by atoms with E-state index >= 15 is 0 Å². The lowest BCUT2D eigenvalue weighted by molar-refractivity contribution is 0.667. The maximum atomic E-state index is 2.55. The largest absolute Gasteiger partial charge is 0.0622 e. The van der Waals surface area contributed by atoms with Crippen LogP contribution < -0.4 is 0 Å². The van der Waals surface area contributed by atoms with E-state index in [1.165, 1.54) is 98.4 Å². The molecule has 0 bridgehead atoms. The Bertz CT molecular complexity index is 2690. The monoisotopic (exact) mass is 596 g/mol. The van der Waals surface area contributed by atoms with Gasteiger partial charge in [-0.25, -0.2) is 0 Å². The second-order valence-electron chi connectivity index (χ2n) is 13.6. The lowest BCUT2D eigenvalue weighted by Crippen LogP contribution is -2.16. The Kier molecular flexibility index (Phi) is 5.44. The van der Waals surface area contributed by atoms with Gasteiger partial charge >= 0.3 is 0 Å². The van der Waals surface area contributed by atoms with E-state index in [0.717, 1.165) is 0 Å². The molecule has 0 heterocycles. The minimum atomic E-state index is -0.192. The molecule has 220 valence electrons. The summed E-state index contributed by atoms with van der Waals surface area (Å²) in [6.07, 6.45) is 0. The van der Waals surface area contributed by atoms with Crippen LogP contribution in [0.15, 0.2) is 158 Å². The topological polar surface area (TPSA) is 0 Å². The Balaban J connectivity index is 1.39. The van der Waals surface area contributed by atoms with E-state index < -0.39 is 0 Å². The van der Waals surface area contributed by atoms with Gasteiger partial charge in [0.05, 0.1) is 0 Å². The summed E-state index contributed by atoms with van der Waals surface area (Å²) in [7, 11) is 0. The normalized spacial score (nSPS) is 13.5. The minimum absolute atomic E-state index is 0.192. The van der Waals surface area contributed by atoms with Gasteiger partial charge in [0.25, 0.3) is 0 Å². The molecule has 0 aliphatic heterocycles. The maximum Gasteiger partial charge on any atom is 0.0165 e. The molecule has 0 amide bonds. The number of hydrogen-bond acceptors (Lipinski definition) is 0. The van der Waals surface area contributed by atoms with Crippen LogP contribution in [0.2, 0.25) is 0 Å². The first-order chi connectivity index (χ1) is 23.1. The standard InChI is InChI=1S/C47H32/c1-47(2)41-28-40(43-37-25-13-11-23-35(37)42(29-16-4-3-5-17-29)36-24-12-14-26-38(36)43)32-20-7-9-21-33(32)44(41)45-34-22-10-6-18-30(34)31-19-8-15-27-39(31)46(45)47/h3-28H,1-2H3. The van der Waals surface area contributed by atoms with Gasteiger partial charge in [0.2, 0.25) is 0 Å². The van der Waals surface area contributed by atoms with Gasteiger partial charge in [0, 0.05) is 5.41 Å². The van der Waals surface area contributed by atoms with E-state index in [-0.39, 0.29) is 5.41 Å². The van der Waals surface area contributed by atoms with Crippen molar-refractivity contribution in [3.05, 3.63) is 169 Å². The average molecular weight is 597 g/mol. The molecule has 0 nitrogen and oxygen atoms in total. The Morgan fingerprint density at radius 1 is 0.319 bits per heavy atom. The molecule has 0 heteroatoms. The van der Waals surface area contributed by atoms with Crippen LogP contribution in [-0.2, 0) is 5.41 Å². The van der Waals surface area contributed by atoms with Gasteiger partial charge in [-0.05, 0) is 104 Å². The van der Waals surface area contributed by atoms with Crippen molar-refractivity contribution in [2.45, 2.75) is 19.3 Å². The number of fused-ring (bicyclic) bond motifs is 12. The summed E-state index contributed by atoms with van der Waals surface area (Å²) in [5, 5.41) is 13.1. The highest BCUT2D eigenvalue weighted by Gasteiger charge is 2.40. The lowest BCUT2D eigenvalue weighted by Gasteiger charge is -2.25. The number of rotatable bonds is 2. The van der Waals surface area contributed by atoms with Gasteiger partial charge in [0.15, 0.2) is 0 Å². The molecule has 0 radical (unpaired) electrons. The molecule has 10 rings (SSSR count). The van der Waals surface area contributed by atoms with Crippen LogP contribution in [0.3, 0.4) is 0 Å². The molecule has 9 aromatic rings. The Morgan fingerprint density at radius 2 is 0.702 bits per heavy atom. The van der Waals surface area contributed by atoms with Gasteiger partial charge in [0.1, 0.15) is 0 Å². The Morgan fingerprint density at radius 3 is 1.26 bits per heavy atom. The van der Waals surface area contributed by atoms with Crippen molar-refractivity contribution >= 4 is 53.9 Å². The summed E-state index contributed by atoms with van der Waals surface area (Å²) < 4.78 is 0. The zero-order valence-corrected chi connectivity index (χ0v) is 26.5. The molecular weight excluding hydrogens is 565 g/mol. The van der Waals surface area contributed by atoms with Crippen molar-refractivity contribution in [2.24, 2.45) is 0 Å². The third kappa shape index (κ3) is 3.53. The molecule has 0 unspecified atom stereocenters. The van der Waals surface area contributed by atoms with Gasteiger partial charge in [-0.3, -0.25) is 0 Å². The van der Waals surface area contributed by atoms with Crippen molar-refractivity contribution in [3.63, 3.8) is 0 Å². The van der Waals surface area contributed by atoms with E-state index in [9.17, 15) is 0 Å². The minimum Gasteiger partial charge on any atom is -0.0622 e. The van der Waals surface area contributed by atoms with E-state index in [4.69, 9.17) is 0 Å². The summed E-state index contributed by atoms with van der Waals surface area (Å²) >= 11 is 0. The molecule has 1 aliphatic rings. The van der Waals surface area contributed by atoms with Gasteiger partial charge in [-0.2, -0.15) is 0 Å². The first-order valence-electron chi connectivity index (χ1n) is 16.6. The predicted octanol–water partition coefficient (Wildman–Crippen LogP) is 13.1. The molecule has 0 saturated heterocycles. The molecule has 0 saturated carbocycles. The van der Waals surface area contributed by atoms with E-state index in [2.05, 4.69) is 172 Å². The SMILES string of the molecule is CC1(C)c2cc(-c3c4ccccc4c(-c4ccccc4)c4ccccc34)c3ccccc3c2-c2c1c1ccccc1c1ccccc21. The van der Waals surface area contributed by atoms with Crippen molar-refractivity contribution in [3.8, 4) is 33.4 Å². The summed E-state index contributed by atoms with van der Waals surface area (Å²) in [5.41, 5.74) is 10.6. The van der Waals surface area contributed by atoms with Crippen molar-refractivity contribution in [2.75, 3.05) is 0 Å². The molecule has 47 heavy (non-hydrogen) atoms. The first kappa shape index (κ1) is 26.5. The molecule has 0 fully saturated rings. The zero-order chi connectivity index (χ0) is 31.3. The quantitative estimate of drug-likeness (QED) is 0.138. The van der Waals surface area contributed by atoms with Crippen LogP contribution >= 0.6 is 0 Å². The molecule has 1 aliphatic carbocycles. The maximum absolute atomic E-state index is 2.55. The fraction of sp³-hybridized carbons (Fsp3) is 0.0638. The third-order valence-electron chi connectivity index (χ3n) is 10.8. The van der Waals surface area contributed by atoms with E-state index in [1.807, 2.05) is 0 Å². The van der Waals surface area contributed by atoms with Crippen LogP contribution in [-0.4, -0.2) is 0 Å². The summed E-state index contributed by atoms with van der Waals surface area (Å²) in [6.45, 7) is 4.87. The highest BCUT2D eigenvalue weighted by Crippen LogP contribution is 2.58. The van der Waals surface area contributed by atoms with E-state index in [1.54, 1.807) is 0 Å². The highest BCUT2D eigenvalue weighted by molar-refractivity contribution is 6.26. The van der Waals surface area contributed by atoms with E-state index in [0.29, 0.717) is 0 Å². The average Bonchev–Trinajstić information content (AvgIpc) is 3.37. The van der Waals surface area contributed by atoms with Gasteiger partial charge < -0.3 is 0 Å². The van der Waals surface area contributed by atoms with Crippen LogP contribution in [0.25, 0.3) is 87.2 Å². The Labute approximate surface area is 274 Å². The van der Waals surface area contributed by atoms with Crippen LogP contribution in [0.5, 0.6) is 0 Å². The summed E-state index contributed by atoms with van der Waals surface area (Å²) in [6, 6.07) is 58.6. The Hall–Kier alpha value is -5.72. The lowest BCUT2D eigenvalue weighted by atomic mass is 9.77. The molecule has 0 spiro atoms. The highest BCUT2D eigenvalue weighted by atomic mass is 14.4. The molecule has 0 aromatic heterocycles. The second kappa shape index (κ2) is 9.64. The predicted molar refractivity (Wildman–Crippen MR) is 202 cm³/mol. The second-order valence-corrected chi connectivity index (χ2v) is 13.6. The smallest absolute Gasteiger partial charge is 0.0165 e. The summed E-state index contributed by atoms with van der Waals surface area (Å²) in [5.74, 6) is 0. The zero-order valence-electron chi connectivity index (χ0n) is 26.5. The molecule has 9 aromatic carbocycles. The van der Waals surface area contributed by atoms with Crippen LogP contribution in [0.1, 0.15) is 25.0 Å². The van der Waals surface area contributed by atoms with Crippen LogP contribution in [0, 0.1) is 0 Å². The molecular formula is C47H32. The number of hydrogen-bond donors (Lipinski definition) is 0. The third-order valence-corrected chi connectivity index (χ3v) is 10.8. The number of benzene rings is 9. The fourth-order valence-corrected chi connectivity index (χ4v) is 8.86.